The minimum atomic E-state index is 0.404. The van der Waals surface area contributed by atoms with Crippen molar-refractivity contribution in [2.24, 2.45) is 0 Å². The molecule has 1 N–H and O–H groups in total. The van der Waals surface area contributed by atoms with Gasteiger partial charge < -0.3 is 5.32 Å². The zero-order valence-corrected chi connectivity index (χ0v) is 13.0. The van der Waals surface area contributed by atoms with Gasteiger partial charge in [-0.2, -0.15) is 0 Å². The van der Waals surface area contributed by atoms with Gasteiger partial charge >= 0.3 is 0 Å². The zero-order chi connectivity index (χ0) is 13.7. The fourth-order valence-corrected chi connectivity index (χ4v) is 3.30. The van der Waals surface area contributed by atoms with Crippen LogP contribution < -0.4 is 5.32 Å². The number of hydrogen-bond acceptors (Lipinski definition) is 2. The monoisotopic (exact) mass is 293 g/mol. The second kappa shape index (κ2) is 7.09. The van der Waals surface area contributed by atoms with Crippen LogP contribution in [-0.4, -0.2) is 6.54 Å². The van der Waals surface area contributed by atoms with Gasteiger partial charge in [0.1, 0.15) is 0 Å². The number of nitrogens with one attached hydrogen (secondary N) is 1. The highest BCUT2D eigenvalue weighted by atomic mass is 35.5. The van der Waals surface area contributed by atoms with Crippen LogP contribution >= 0.6 is 22.9 Å². The Bertz CT molecular complexity index is 504. The summed E-state index contributed by atoms with van der Waals surface area (Å²) < 4.78 is 0. The molecule has 1 aromatic heterocycles. The van der Waals surface area contributed by atoms with Crippen LogP contribution in [-0.2, 0) is 6.42 Å². The fraction of sp³-hybridized carbons (Fsp3) is 0.375. The molecule has 102 valence electrons. The molecule has 2 rings (SSSR count). The van der Waals surface area contributed by atoms with Crippen LogP contribution in [0.5, 0.6) is 0 Å². The molecule has 0 bridgehead atoms. The highest BCUT2D eigenvalue weighted by Gasteiger charge is 2.15. The lowest BCUT2D eigenvalue weighted by Gasteiger charge is -2.18. The van der Waals surface area contributed by atoms with Crippen molar-refractivity contribution in [3.05, 3.63) is 56.7 Å². The summed E-state index contributed by atoms with van der Waals surface area (Å²) in [6.07, 6.45) is 2.17. The van der Waals surface area contributed by atoms with Gasteiger partial charge in [-0.15, -0.1) is 11.3 Å². The third-order valence-electron chi connectivity index (χ3n) is 3.21. The summed E-state index contributed by atoms with van der Waals surface area (Å²) in [6, 6.07) is 10.8. The third kappa shape index (κ3) is 4.07. The summed E-state index contributed by atoms with van der Waals surface area (Å²) in [7, 11) is 0. The van der Waals surface area contributed by atoms with E-state index < -0.39 is 0 Å². The first-order valence-electron chi connectivity index (χ1n) is 6.72. The van der Waals surface area contributed by atoms with Crippen molar-refractivity contribution < 1.29 is 0 Å². The highest BCUT2D eigenvalue weighted by molar-refractivity contribution is 7.10. The average Bonchev–Trinajstić information content (AvgIpc) is 2.83. The van der Waals surface area contributed by atoms with Gasteiger partial charge in [0.25, 0.3) is 0 Å². The molecular formula is C16H20ClNS. The SMILES string of the molecule is CCCNC(Cc1ccc(Cl)cc1)c1sccc1C. The molecule has 1 heterocycles. The summed E-state index contributed by atoms with van der Waals surface area (Å²) in [5.74, 6) is 0. The lowest BCUT2D eigenvalue weighted by Crippen LogP contribution is -2.23. The fourth-order valence-electron chi connectivity index (χ4n) is 2.17. The van der Waals surface area contributed by atoms with E-state index in [0.717, 1.165) is 24.4 Å². The van der Waals surface area contributed by atoms with Crippen LogP contribution in [0, 0.1) is 6.92 Å². The van der Waals surface area contributed by atoms with Crippen molar-refractivity contribution in [3.8, 4) is 0 Å². The lowest BCUT2D eigenvalue weighted by atomic mass is 10.0. The summed E-state index contributed by atoms with van der Waals surface area (Å²) in [5, 5.41) is 6.63. The van der Waals surface area contributed by atoms with E-state index in [0.29, 0.717) is 6.04 Å². The Hall–Kier alpha value is -0.830. The van der Waals surface area contributed by atoms with E-state index in [1.807, 2.05) is 23.5 Å². The molecule has 0 aliphatic carbocycles. The van der Waals surface area contributed by atoms with Gasteiger partial charge in [0, 0.05) is 15.9 Å². The van der Waals surface area contributed by atoms with Gasteiger partial charge in [0.15, 0.2) is 0 Å². The molecule has 2 aromatic rings. The Morgan fingerprint density at radius 3 is 2.53 bits per heavy atom. The Labute approximate surface area is 124 Å². The van der Waals surface area contributed by atoms with Gasteiger partial charge in [0.2, 0.25) is 0 Å². The van der Waals surface area contributed by atoms with E-state index in [1.165, 1.54) is 16.0 Å². The highest BCUT2D eigenvalue weighted by Crippen LogP contribution is 2.27. The van der Waals surface area contributed by atoms with Gasteiger partial charge in [-0.3, -0.25) is 0 Å². The second-order valence-corrected chi connectivity index (χ2v) is 6.19. The van der Waals surface area contributed by atoms with E-state index in [-0.39, 0.29) is 0 Å². The zero-order valence-electron chi connectivity index (χ0n) is 11.4. The molecule has 0 spiro atoms. The predicted molar refractivity (Wildman–Crippen MR) is 85.2 cm³/mol. The number of rotatable bonds is 6. The van der Waals surface area contributed by atoms with Crippen molar-refractivity contribution in [1.29, 1.82) is 0 Å². The van der Waals surface area contributed by atoms with Crippen LogP contribution in [0.4, 0.5) is 0 Å². The molecule has 1 nitrogen and oxygen atoms in total. The van der Waals surface area contributed by atoms with Gasteiger partial charge in [-0.25, -0.2) is 0 Å². The van der Waals surface area contributed by atoms with Gasteiger partial charge in [-0.05, 0) is 61.0 Å². The van der Waals surface area contributed by atoms with E-state index >= 15 is 0 Å². The Kier molecular flexibility index (Phi) is 5.44. The van der Waals surface area contributed by atoms with Gasteiger partial charge in [0.05, 0.1) is 0 Å². The molecule has 19 heavy (non-hydrogen) atoms. The molecule has 1 aromatic carbocycles. The maximum absolute atomic E-state index is 5.94. The predicted octanol–water partition coefficient (Wildman–Crippen LogP) is 4.99. The molecule has 1 unspecified atom stereocenters. The summed E-state index contributed by atoms with van der Waals surface area (Å²) in [6.45, 7) is 5.44. The van der Waals surface area contributed by atoms with Crippen molar-refractivity contribution in [1.82, 2.24) is 5.32 Å². The normalized spacial score (nSPS) is 12.6. The van der Waals surface area contributed by atoms with Crippen LogP contribution in [0.2, 0.25) is 5.02 Å². The largest absolute Gasteiger partial charge is 0.309 e. The van der Waals surface area contributed by atoms with Crippen molar-refractivity contribution >= 4 is 22.9 Å². The molecule has 0 aliphatic rings. The first-order valence-corrected chi connectivity index (χ1v) is 7.98. The minimum absolute atomic E-state index is 0.404. The number of halogens is 1. The molecule has 3 heteroatoms. The molecule has 0 radical (unpaired) electrons. The summed E-state index contributed by atoms with van der Waals surface area (Å²) in [4.78, 5) is 1.45. The number of aryl methyl sites for hydroxylation is 1. The standard InChI is InChI=1S/C16H20ClNS/c1-3-9-18-15(16-12(2)8-10-19-16)11-13-4-6-14(17)7-5-13/h4-8,10,15,18H,3,9,11H2,1-2H3. The molecule has 0 amide bonds. The third-order valence-corrected chi connectivity index (χ3v) is 4.60. The van der Waals surface area contributed by atoms with Crippen LogP contribution in [0.3, 0.4) is 0 Å². The van der Waals surface area contributed by atoms with Crippen molar-refractivity contribution in [2.75, 3.05) is 6.54 Å². The smallest absolute Gasteiger partial charge is 0.0458 e. The maximum Gasteiger partial charge on any atom is 0.0458 e. The second-order valence-electron chi connectivity index (χ2n) is 4.81. The summed E-state index contributed by atoms with van der Waals surface area (Å²) in [5.41, 5.74) is 2.71. The quantitative estimate of drug-likeness (QED) is 0.791. The van der Waals surface area contributed by atoms with E-state index in [4.69, 9.17) is 11.6 Å². The molecule has 1 atom stereocenters. The van der Waals surface area contributed by atoms with E-state index in [1.54, 1.807) is 0 Å². The van der Waals surface area contributed by atoms with Crippen LogP contribution in [0.25, 0.3) is 0 Å². The van der Waals surface area contributed by atoms with Crippen LogP contribution in [0.15, 0.2) is 35.7 Å². The topological polar surface area (TPSA) is 12.0 Å². The minimum Gasteiger partial charge on any atom is -0.309 e. The molecule has 0 saturated heterocycles. The van der Waals surface area contributed by atoms with Crippen molar-refractivity contribution in [3.63, 3.8) is 0 Å². The van der Waals surface area contributed by atoms with Gasteiger partial charge in [-0.1, -0.05) is 30.7 Å². The van der Waals surface area contributed by atoms with E-state index in [2.05, 4.69) is 42.7 Å². The number of hydrogen-bond donors (Lipinski definition) is 1. The number of benzene rings is 1. The lowest BCUT2D eigenvalue weighted by molar-refractivity contribution is 0.535. The molecular weight excluding hydrogens is 274 g/mol. The van der Waals surface area contributed by atoms with E-state index in [9.17, 15) is 0 Å². The van der Waals surface area contributed by atoms with Crippen molar-refractivity contribution in [2.45, 2.75) is 32.7 Å². The summed E-state index contributed by atoms with van der Waals surface area (Å²) >= 11 is 7.78. The number of thiophene rings is 1. The Morgan fingerprint density at radius 2 is 1.95 bits per heavy atom. The van der Waals surface area contributed by atoms with Crippen LogP contribution in [0.1, 0.15) is 35.4 Å². The Balaban J connectivity index is 2.14. The Morgan fingerprint density at radius 1 is 1.21 bits per heavy atom. The first kappa shape index (κ1) is 14.6. The molecule has 0 saturated carbocycles. The molecule has 0 aliphatic heterocycles. The first-order chi connectivity index (χ1) is 9.20. The molecule has 0 fully saturated rings. The maximum atomic E-state index is 5.94. The average molecular weight is 294 g/mol.